The van der Waals surface area contributed by atoms with Crippen LogP contribution in [-0.4, -0.2) is 31.2 Å². The number of thiazole rings is 1. The Morgan fingerprint density at radius 1 is 1.15 bits per heavy atom. The van der Waals surface area contributed by atoms with E-state index in [1.165, 1.54) is 16.1 Å². The summed E-state index contributed by atoms with van der Waals surface area (Å²) in [6, 6.07) is 14.8. The van der Waals surface area contributed by atoms with E-state index in [0.717, 1.165) is 20.8 Å². The van der Waals surface area contributed by atoms with Crippen molar-refractivity contribution < 1.29 is 9.53 Å². The average molecular weight is 386 g/mol. The van der Waals surface area contributed by atoms with E-state index in [-0.39, 0.29) is 13.2 Å². The molecular formula is C17H12ClN5O2S. The first-order chi connectivity index (χ1) is 12.7. The standard InChI is InChI=1S/C17H12ClN5O2S/c18-12-7-5-11(6-8-12)17-20-22-23(21-17)9-16(24)25-10-15-19-13-3-1-2-4-14(13)26-15/h1-8H,9-10H2. The lowest BCUT2D eigenvalue weighted by atomic mass is 10.2. The van der Waals surface area contributed by atoms with Gasteiger partial charge in [0, 0.05) is 10.6 Å². The van der Waals surface area contributed by atoms with Gasteiger partial charge >= 0.3 is 5.97 Å². The number of para-hydroxylation sites is 1. The molecule has 0 spiro atoms. The van der Waals surface area contributed by atoms with Gasteiger partial charge in [0.1, 0.15) is 11.6 Å². The third-order valence-electron chi connectivity index (χ3n) is 3.52. The molecule has 0 N–H and O–H groups in total. The SMILES string of the molecule is O=C(Cn1nnc(-c2ccc(Cl)cc2)n1)OCc1nc2ccccc2s1. The second kappa shape index (κ2) is 7.19. The summed E-state index contributed by atoms with van der Waals surface area (Å²) in [4.78, 5) is 17.6. The van der Waals surface area contributed by atoms with Gasteiger partial charge in [-0.25, -0.2) is 9.78 Å². The quantitative estimate of drug-likeness (QED) is 0.490. The lowest BCUT2D eigenvalue weighted by molar-refractivity contribution is -0.146. The van der Waals surface area contributed by atoms with Crippen LogP contribution in [0.2, 0.25) is 5.02 Å². The van der Waals surface area contributed by atoms with E-state index in [1.54, 1.807) is 24.3 Å². The number of hydrogen-bond acceptors (Lipinski definition) is 7. The number of fused-ring (bicyclic) bond motifs is 1. The second-order valence-electron chi connectivity index (χ2n) is 5.39. The summed E-state index contributed by atoms with van der Waals surface area (Å²) in [7, 11) is 0. The molecule has 0 aliphatic heterocycles. The first-order valence-corrected chi connectivity index (χ1v) is 8.91. The molecule has 7 nitrogen and oxygen atoms in total. The second-order valence-corrected chi connectivity index (χ2v) is 6.94. The van der Waals surface area contributed by atoms with Crippen molar-refractivity contribution in [1.29, 1.82) is 0 Å². The summed E-state index contributed by atoms with van der Waals surface area (Å²) < 4.78 is 6.31. The Labute approximate surface area is 157 Å². The van der Waals surface area contributed by atoms with Gasteiger partial charge in [-0.1, -0.05) is 23.7 Å². The van der Waals surface area contributed by atoms with Crippen molar-refractivity contribution in [2.45, 2.75) is 13.2 Å². The summed E-state index contributed by atoms with van der Waals surface area (Å²) in [5, 5.41) is 13.4. The molecule has 0 bridgehead atoms. The summed E-state index contributed by atoms with van der Waals surface area (Å²) in [5.74, 6) is -0.0371. The number of tetrazole rings is 1. The molecule has 0 unspecified atom stereocenters. The number of carbonyl (C=O) groups excluding carboxylic acids is 1. The molecule has 0 aliphatic rings. The Kier molecular flexibility index (Phi) is 4.59. The highest BCUT2D eigenvalue weighted by Gasteiger charge is 2.12. The number of esters is 1. The highest BCUT2D eigenvalue weighted by molar-refractivity contribution is 7.18. The summed E-state index contributed by atoms with van der Waals surface area (Å²) in [5.41, 5.74) is 1.66. The number of benzene rings is 2. The molecule has 0 saturated carbocycles. The van der Waals surface area contributed by atoms with Gasteiger partial charge in [-0.05, 0) is 41.6 Å². The van der Waals surface area contributed by atoms with Crippen molar-refractivity contribution in [1.82, 2.24) is 25.2 Å². The van der Waals surface area contributed by atoms with Crippen molar-refractivity contribution >= 4 is 39.1 Å². The van der Waals surface area contributed by atoms with E-state index >= 15 is 0 Å². The van der Waals surface area contributed by atoms with Gasteiger partial charge in [-0.15, -0.1) is 21.5 Å². The Balaban J connectivity index is 1.36. The van der Waals surface area contributed by atoms with E-state index in [2.05, 4.69) is 20.4 Å². The van der Waals surface area contributed by atoms with Gasteiger partial charge in [0.15, 0.2) is 6.54 Å². The first-order valence-electron chi connectivity index (χ1n) is 7.71. The fraction of sp³-hybridized carbons (Fsp3) is 0.118. The molecular weight excluding hydrogens is 374 g/mol. The van der Waals surface area contributed by atoms with Crippen LogP contribution in [0.1, 0.15) is 5.01 Å². The topological polar surface area (TPSA) is 82.8 Å². The zero-order chi connectivity index (χ0) is 17.9. The van der Waals surface area contributed by atoms with Crippen LogP contribution in [-0.2, 0) is 22.7 Å². The zero-order valence-electron chi connectivity index (χ0n) is 13.4. The van der Waals surface area contributed by atoms with E-state index in [0.29, 0.717) is 10.8 Å². The van der Waals surface area contributed by atoms with Gasteiger partial charge < -0.3 is 4.74 Å². The minimum absolute atomic E-state index is 0.120. The largest absolute Gasteiger partial charge is 0.457 e. The van der Waals surface area contributed by atoms with Gasteiger partial charge in [0.2, 0.25) is 5.82 Å². The third kappa shape index (κ3) is 3.71. The minimum Gasteiger partial charge on any atom is -0.457 e. The van der Waals surface area contributed by atoms with Crippen LogP contribution in [0.4, 0.5) is 0 Å². The molecule has 0 amide bonds. The minimum atomic E-state index is -0.454. The number of hydrogen-bond donors (Lipinski definition) is 0. The molecule has 0 atom stereocenters. The van der Waals surface area contributed by atoms with E-state index < -0.39 is 5.97 Å². The average Bonchev–Trinajstić information content (AvgIpc) is 3.27. The van der Waals surface area contributed by atoms with Crippen molar-refractivity contribution in [3.8, 4) is 11.4 Å². The maximum absolute atomic E-state index is 12.0. The molecule has 26 heavy (non-hydrogen) atoms. The molecule has 2 aromatic carbocycles. The van der Waals surface area contributed by atoms with E-state index in [4.69, 9.17) is 16.3 Å². The molecule has 9 heteroatoms. The normalized spacial score (nSPS) is 11.0. The summed E-state index contributed by atoms with van der Waals surface area (Å²) >= 11 is 7.36. The van der Waals surface area contributed by atoms with Crippen LogP contribution >= 0.6 is 22.9 Å². The van der Waals surface area contributed by atoms with Crippen LogP contribution in [0.3, 0.4) is 0 Å². The van der Waals surface area contributed by atoms with Crippen LogP contribution in [0.15, 0.2) is 48.5 Å². The number of halogens is 1. The zero-order valence-corrected chi connectivity index (χ0v) is 14.9. The Hall–Kier alpha value is -2.84. The van der Waals surface area contributed by atoms with Crippen LogP contribution in [0.5, 0.6) is 0 Å². The smallest absolute Gasteiger partial charge is 0.330 e. The van der Waals surface area contributed by atoms with Crippen molar-refractivity contribution in [2.24, 2.45) is 0 Å². The molecule has 0 aliphatic carbocycles. The highest BCUT2D eigenvalue weighted by Crippen LogP contribution is 2.22. The van der Waals surface area contributed by atoms with Gasteiger partial charge in [-0.3, -0.25) is 0 Å². The molecule has 0 saturated heterocycles. The summed E-state index contributed by atoms with van der Waals surface area (Å²) in [6.07, 6.45) is 0. The fourth-order valence-corrected chi connectivity index (χ4v) is 3.32. The number of carbonyl (C=O) groups is 1. The number of aromatic nitrogens is 5. The lowest BCUT2D eigenvalue weighted by Crippen LogP contribution is -2.15. The monoisotopic (exact) mass is 385 g/mol. The maximum atomic E-state index is 12.0. The molecule has 130 valence electrons. The molecule has 2 aromatic heterocycles. The highest BCUT2D eigenvalue weighted by atomic mass is 35.5. The van der Waals surface area contributed by atoms with Crippen molar-refractivity contribution in [3.63, 3.8) is 0 Å². The van der Waals surface area contributed by atoms with E-state index in [9.17, 15) is 4.79 Å². The Morgan fingerprint density at radius 3 is 2.77 bits per heavy atom. The fourth-order valence-electron chi connectivity index (χ4n) is 2.31. The van der Waals surface area contributed by atoms with Gasteiger partial charge in [0.25, 0.3) is 0 Å². The lowest BCUT2D eigenvalue weighted by Gasteiger charge is -2.01. The molecule has 2 heterocycles. The maximum Gasteiger partial charge on any atom is 0.330 e. The number of ether oxygens (including phenoxy) is 1. The van der Waals surface area contributed by atoms with Crippen LogP contribution in [0, 0.1) is 0 Å². The Bertz CT molecular complexity index is 1030. The molecule has 0 radical (unpaired) electrons. The number of rotatable bonds is 5. The predicted molar refractivity (Wildman–Crippen MR) is 97.7 cm³/mol. The van der Waals surface area contributed by atoms with Gasteiger partial charge in [0.05, 0.1) is 10.2 Å². The van der Waals surface area contributed by atoms with Crippen molar-refractivity contribution in [3.05, 3.63) is 58.6 Å². The van der Waals surface area contributed by atoms with Crippen molar-refractivity contribution in [2.75, 3.05) is 0 Å². The van der Waals surface area contributed by atoms with E-state index in [1.807, 2.05) is 24.3 Å². The summed E-state index contributed by atoms with van der Waals surface area (Å²) in [6.45, 7) is 0.00238. The van der Waals surface area contributed by atoms with Crippen LogP contribution < -0.4 is 0 Å². The third-order valence-corrected chi connectivity index (χ3v) is 4.78. The predicted octanol–water partition coefficient (Wildman–Crippen LogP) is 3.35. The van der Waals surface area contributed by atoms with Crippen LogP contribution in [0.25, 0.3) is 21.6 Å². The molecule has 4 aromatic rings. The van der Waals surface area contributed by atoms with Gasteiger partial charge in [-0.2, -0.15) is 4.80 Å². The Morgan fingerprint density at radius 2 is 1.96 bits per heavy atom. The first kappa shape index (κ1) is 16.6. The molecule has 4 rings (SSSR count). The molecule has 0 fully saturated rings. The number of nitrogens with zero attached hydrogens (tertiary/aromatic N) is 5.